The monoisotopic (exact) mass is 236 g/mol. The number of rotatable bonds is 2. The molecule has 1 saturated carbocycles. The van der Waals surface area contributed by atoms with Gasteiger partial charge in [-0.25, -0.2) is 4.98 Å². The third-order valence-corrected chi connectivity index (χ3v) is 2.77. The Morgan fingerprint density at radius 2 is 1.92 bits per heavy atom. The molecule has 0 radical (unpaired) electrons. The summed E-state index contributed by atoms with van der Waals surface area (Å²) in [6, 6.07) is 2.10. The number of aromatic nitrogens is 1. The smallest absolute Gasteiger partial charge is 0.150 e. The molecule has 0 amide bonds. The molecular weight excluding hydrogens is 230 g/mol. The average molecular weight is 238 g/mol. The van der Waals surface area contributed by atoms with Gasteiger partial charge in [0.1, 0.15) is 11.0 Å². The second kappa shape index (κ2) is 3.52. The van der Waals surface area contributed by atoms with Crippen molar-refractivity contribution in [3.05, 3.63) is 21.3 Å². The van der Waals surface area contributed by atoms with E-state index in [1.807, 2.05) is 0 Å². The van der Waals surface area contributed by atoms with Gasteiger partial charge < -0.3 is 5.32 Å². The minimum atomic E-state index is 0.286. The minimum absolute atomic E-state index is 0.286. The maximum absolute atomic E-state index is 5.91. The Morgan fingerprint density at radius 1 is 1.23 bits per heavy atom. The van der Waals surface area contributed by atoms with Crippen LogP contribution in [0.2, 0.25) is 15.2 Å². The van der Waals surface area contributed by atoms with Gasteiger partial charge in [0.15, 0.2) is 0 Å². The van der Waals surface area contributed by atoms with Crippen LogP contribution in [-0.2, 0) is 0 Å². The van der Waals surface area contributed by atoms with Crippen LogP contribution in [0.15, 0.2) is 6.07 Å². The fourth-order valence-electron chi connectivity index (χ4n) is 0.966. The lowest BCUT2D eigenvalue weighted by Crippen LogP contribution is -2.03. The van der Waals surface area contributed by atoms with Crippen molar-refractivity contribution < 1.29 is 0 Å². The van der Waals surface area contributed by atoms with Gasteiger partial charge in [-0.05, 0) is 18.9 Å². The molecule has 0 unspecified atom stereocenters. The van der Waals surface area contributed by atoms with E-state index in [-0.39, 0.29) is 5.15 Å². The number of hydrogen-bond donors (Lipinski definition) is 1. The van der Waals surface area contributed by atoms with Gasteiger partial charge in [-0.15, -0.1) is 0 Å². The second-order valence-corrected chi connectivity index (χ2v) is 4.18. The average Bonchev–Trinajstić information content (AvgIpc) is 2.84. The zero-order valence-electron chi connectivity index (χ0n) is 6.65. The van der Waals surface area contributed by atoms with E-state index in [4.69, 9.17) is 34.8 Å². The molecule has 1 fully saturated rings. The Labute approximate surface area is 91.2 Å². The summed E-state index contributed by atoms with van der Waals surface area (Å²) in [6.07, 6.45) is 2.33. The highest BCUT2D eigenvalue weighted by molar-refractivity contribution is 6.42. The second-order valence-electron chi connectivity index (χ2n) is 3.01. The van der Waals surface area contributed by atoms with Crippen LogP contribution in [0, 0.1) is 0 Å². The highest BCUT2D eigenvalue weighted by Gasteiger charge is 2.22. The summed E-state index contributed by atoms with van der Waals surface area (Å²) < 4.78 is 0. The molecule has 5 heteroatoms. The predicted molar refractivity (Wildman–Crippen MR) is 55.9 cm³/mol. The van der Waals surface area contributed by atoms with Crippen LogP contribution in [0.5, 0.6) is 0 Å². The summed E-state index contributed by atoms with van der Waals surface area (Å²) in [5.74, 6) is 0.624. The fourth-order valence-corrected chi connectivity index (χ4v) is 1.52. The summed E-state index contributed by atoms with van der Waals surface area (Å²) in [6.45, 7) is 0. The van der Waals surface area contributed by atoms with Crippen molar-refractivity contribution in [3.63, 3.8) is 0 Å². The molecule has 1 aliphatic carbocycles. The van der Waals surface area contributed by atoms with Gasteiger partial charge in [0, 0.05) is 6.04 Å². The highest BCUT2D eigenvalue weighted by Crippen LogP contribution is 2.32. The lowest BCUT2D eigenvalue weighted by molar-refractivity contribution is 1.11. The van der Waals surface area contributed by atoms with Gasteiger partial charge in [0.2, 0.25) is 0 Å². The molecule has 2 rings (SSSR count). The first-order valence-corrected chi connectivity index (χ1v) is 5.08. The lowest BCUT2D eigenvalue weighted by Gasteiger charge is -2.06. The van der Waals surface area contributed by atoms with Gasteiger partial charge >= 0.3 is 0 Å². The van der Waals surface area contributed by atoms with Crippen LogP contribution in [0.1, 0.15) is 12.8 Å². The van der Waals surface area contributed by atoms with Crippen LogP contribution in [-0.4, -0.2) is 11.0 Å². The molecule has 1 N–H and O–H groups in total. The summed E-state index contributed by atoms with van der Waals surface area (Å²) in [7, 11) is 0. The van der Waals surface area contributed by atoms with Crippen molar-refractivity contribution in [3.8, 4) is 0 Å². The SMILES string of the molecule is Clc1cc(Cl)c(NC2CC2)nc1Cl. The number of pyridine rings is 1. The van der Waals surface area contributed by atoms with Crippen molar-refractivity contribution in [1.29, 1.82) is 0 Å². The normalized spacial score (nSPS) is 15.9. The third-order valence-electron chi connectivity index (χ3n) is 1.80. The Balaban J connectivity index is 2.27. The van der Waals surface area contributed by atoms with E-state index in [9.17, 15) is 0 Å². The number of anilines is 1. The Kier molecular flexibility index (Phi) is 2.54. The zero-order valence-corrected chi connectivity index (χ0v) is 8.92. The number of nitrogens with zero attached hydrogens (tertiary/aromatic N) is 1. The van der Waals surface area contributed by atoms with E-state index < -0.39 is 0 Å². The van der Waals surface area contributed by atoms with Gasteiger partial charge in [-0.2, -0.15) is 0 Å². The first-order valence-electron chi connectivity index (χ1n) is 3.95. The zero-order chi connectivity index (χ0) is 9.42. The van der Waals surface area contributed by atoms with E-state index in [2.05, 4.69) is 10.3 Å². The van der Waals surface area contributed by atoms with Crippen LogP contribution in [0.25, 0.3) is 0 Å². The van der Waals surface area contributed by atoms with Crippen molar-refractivity contribution in [2.75, 3.05) is 5.32 Å². The third kappa shape index (κ3) is 2.19. The van der Waals surface area contributed by atoms with Crippen LogP contribution >= 0.6 is 34.8 Å². The fraction of sp³-hybridized carbons (Fsp3) is 0.375. The van der Waals surface area contributed by atoms with Crippen LogP contribution in [0.3, 0.4) is 0 Å². The number of halogens is 3. The maximum atomic E-state index is 5.91. The van der Waals surface area contributed by atoms with E-state index in [0.29, 0.717) is 21.9 Å². The van der Waals surface area contributed by atoms with Crippen molar-refractivity contribution in [1.82, 2.24) is 4.98 Å². The summed E-state index contributed by atoms with van der Waals surface area (Å²) in [5, 5.41) is 4.35. The topological polar surface area (TPSA) is 24.9 Å². The molecular formula is C8H7Cl3N2. The molecule has 1 aromatic rings. The standard InChI is InChI=1S/C8H7Cl3N2/c9-5-3-6(10)8(13-7(5)11)12-4-1-2-4/h3-4H,1-2H2,(H,12,13). The Hall–Kier alpha value is -0.180. The molecule has 1 heterocycles. The molecule has 0 atom stereocenters. The van der Waals surface area contributed by atoms with Gasteiger partial charge in [-0.3, -0.25) is 0 Å². The Morgan fingerprint density at radius 3 is 2.54 bits per heavy atom. The van der Waals surface area contributed by atoms with Crippen LogP contribution in [0.4, 0.5) is 5.82 Å². The molecule has 13 heavy (non-hydrogen) atoms. The van der Waals surface area contributed by atoms with Crippen LogP contribution < -0.4 is 5.32 Å². The van der Waals surface area contributed by atoms with Gasteiger partial charge in [0.25, 0.3) is 0 Å². The molecule has 0 aromatic carbocycles. The predicted octanol–water partition coefficient (Wildman–Crippen LogP) is 3.62. The highest BCUT2D eigenvalue weighted by atomic mass is 35.5. The quantitative estimate of drug-likeness (QED) is 0.795. The first kappa shape index (κ1) is 9.38. The molecule has 2 nitrogen and oxygen atoms in total. The molecule has 0 bridgehead atoms. The van der Waals surface area contributed by atoms with Crippen molar-refractivity contribution in [2.24, 2.45) is 0 Å². The van der Waals surface area contributed by atoms with Crippen molar-refractivity contribution in [2.45, 2.75) is 18.9 Å². The van der Waals surface area contributed by atoms with E-state index in [0.717, 1.165) is 12.8 Å². The van der Waals surface area contributed by atoms with E-state index in [1.54, 1.807) is 6.07 Å². The maximum Gasteiger partial charge on any atom is 0.150 e. The molecule has 0 aliphatic heterocycles. The summed E-state index contributed by atoms with van der Waals surface area (Å²) in [4.78, 5) is 4.04. The first-order chi connectivity index (χ1) is 6.16. The minimum Gasteiger partial charge on any atom is -0.366 e. The number of hydrogen-bond acceptors (Lipinski definition) is 2. The Bertz CT molecular complexity index is 336. The van der Waals surface area contributed by atoms with E-state index in [1.165, 1.54) is 0 Å². The molecule has 70 valence electrons. The summed E-state index contributed by atoms with van der Waals surface area (Å²) in [5.41, 5.74) is 0. The van der Waals surface area contributed by atoms with Gasteiger partial charge in [-0.1, -0.05) is 34.8 Å². The van der Waals surface area contributed by atoms with Gasteiger partial charge in [0.05, 0.1) is 10.0 Å². The lowest BCUT2D eigenvalue weighted by atomic mass is 10.4. The molecule has 1 aromatic heterocycles. The molecule has 1 aliphatic rings. The largest absolute Gasteiger partial charge is 0.366 e. The molecule has 0 saturated heterocycles. The van der Waals surface area contributed by atoms with E-state index >= 15 is 0 Å². The molecule has 0 spiro atoms. The number of nitrogens with one attached hydrogen (secondary N) is 1. The van der Waals surface area contributed by atoms with Crippen molar-refractivity contribution >= 4 is 40.6 Å². The summed E-state index contributed by atoms with van der Waals surface area (Å²) >= 11 is 17.4.